The summed E-state index contributed by atoms with van der Waals surface area (Å²) in [6.07, 6.45) is 2.43. The molecule has 0 aliphatic carbocycles. The number of nitrogens with zero attached hydrogens (tertiary/aromatic N) is 1. The topological polar surface area (TPSA) is 55.1 Å². The van der Waals surface area contributed by atoms with Crippen molar-refractivity contribution >= 4 is 22.7 Å². The number of carbonyl (C=O) groups excluding carboxylic acids is 1. The highest BCUT2D eigenvalue weighted by Crippen LogP contribution is 2.28. The van der Waals surface area contributed by atoms with Crippen LogP contribution in [0, 0.1) is 0 Å². The first-order valence-corrected chi connectivity index (χ1v) is 9.59. The molecule has 0 radical (unpaired) electrons. The second-order valence-corrected chi connectivity index (χ2v) is 6.80. The molecule has 140 valence electrons. The van der Waals surface area contributed by atoms with Crippen LogP contribution in [0.1, 0.15) is 26.2 Å². The quantitative estimate of drug-likeness (QED) is 0.434. The number of nitrogens with one attached hydrogen (secondary N) is 1. The maximum Gasteiger partial charge on any atom is 0.227 e. The molecule has 0 fully saturated rings. The molecule has 0 aliphatic heterocycles. The van der Waals surface area contributed by atoms with Gasteiger partial charge in [0, 0.05) is 17.7 Å². The number of aromatic nitrogens is 1. The predicted octanol–water partition coefficient (Wildman–Crippen LogP) is 6.29. The summed E-state index contributed by atoms with van der Waals surface area (Å²) in [5.74, 6) is 0.602. The highest BCUT2D eigenvalue weighted by molar-refractivity contribution is 5.93. The Balaban J connectivity index is 1.55. The Morgan fingerprint density at radius 1 is 0.929 bits per heavy atom. The van der Waals surface area contributed by atoms with Crippen LogP contribution in [0.3, 0.4) is 0 Å². The minimum Gasteiger partial charge on any atom is -0.436 e. The molecule has 1 amide bonds. The lowest BCUT2D eigenvalue weighted by Crippen LogP contribution is -2.10. The number of hydrogen-bond acceptors (Lipinski definition) is 3. The fourth-order valence-electron chi connectivity index (χ4n) is 3.13. The van der Waals surface area contributed by atoms with Crippen molar-refractivity contribution in [2.75, 3.05) is 5.32 Å². The first-order chi connectivity index (χ1) is 13.7. The molecule has 1 heterocycles. The van der Waals surface area contributed by atoms with Crippen LogP contribution in [0.4, 0.5) is 5.69 Å². The Morgan fingerprint density at radius 2 is 1.64 bits per heavy atom. The summed E-state index contributed by atoms with van der Waals surface area (Å²) >= 11 is 0. The van der Waals surface area contributed by atoms with Gasteiger partial charge in [-0.25, -0.2) is 4.98 Å². The number of anilines is 1. The normalized spacial score (nSPS) is 10.9. The van der Waals surface area contributed by atoms with Gasteiger partial charge in [0.05, 0.1) is 0 Å². The molecule has 0 atom stereocenters. The first-order valence-electron chi connectivity index (χ1n) is 9.59. The van der Waals surface area contributed by atoms with Gasteiger partial charge in [0.2, 0.25) is 11.8 Å². The molecule has 0 aliphatic rings. The molecule has 4 heteroatoms. The Hall–Kier alpha value is -3.40. The predicted molar refractivity (Wildman–Crippen MR) is 113 cm³/mol. The maximum absolute atomic E-state index is 11.9. The number of fused-ring (bicyclic) bond motifs is 1. The van der Waals surface area contributed by atoms with E-state index in [1.165, 1.54) is 5.56 Å². The molecule has 0 unspecified atom stereocenters. The van der Waals surface area contributed by atoms with Gasteiger partial charge in [0.15, 0.2) is 5.58 Å². The van der Waals surface area contributed by atoms with Crippen LogP contribution < -0.4 is 5.32 Å². The Labute approximate surface area is 164 Å². The van der Waals surface area contributed by atoms with Gasteiger partial charge in [0.1, 0.15) is 5.52 Å². The lowest BCUT2D eigenvalue weighted by atomic mass is 10.0. The third-order valence-electron chi connectivity index (χ3n) is 4.67. The summed E-state index contributed by atoms with van der Waals surface area (Å²) in [7, 11) is 0. The molecule has 4 nitrogen and oxygen atoms in total. The maximum atomic E-state index is 11.9. The largest absolute Gasteiger partial charge is 0.436 e. The van der Waals surface area contributed by atoms with Crippen LogP contribution in [0.25, 0.3) is 33.7 Å². The average molecular weight is 370 g/mol. The van der Waals surface area contributed by atoms with E-state index in [9.17, 15) is 4.79 Å². The second-order valence-electron chi connectivity index (χ2n) is 6.80. The van der Waals surface area contributed by atoms with Crippen LogP contribution in [0.15, 0.2) is 77.2 Å². The van der Waals surface area contributed by atoms with Crippen molar-refractivity contribution in [1.29, 1.82) is 0 Å². The van der Waals surface area contributed by atoms with Crippen molar-refractivity contribution in [3.05, 3.63) is 72.8 Å². The van der Waals surface area contributed by atoms with Gasteiger partial charge < -0.3 is 9.73 Å². The summed E-state index contributed by atoms with van der Waals surface area (Å²) in [5.41, 5.74) is 5.43. The highest BCUT2D eigenvalue weighted by Gasteiger charge is 2.10. The van der Waals surface area contributed by atoms with Crippen molar-refractivity contribution < 1.29 is 9.21 Å². The van der Waals surface area contributed by atoms with Gasteiger partial charge in [-0.1, -0.05) is 55.8 Å². The summed E-state index contributed by atoms with van der Waals surface area (Å²) in [6, 6.07) is 24.0. The summed E-state index contributed by atoms with van der Waals surface area (Å²) in [5, 5.41) is 2.92. The molecule has 4 rings (SSSR count). The summed E-state index contributed by atoms with van der Waals surface area (Å²) in [6.45, 7) is 2.07. The molecule has 0 spiro atoms. The molecule has 1 N–H and O–H groups in total. The van der Waals surface area contributed by atoms with Crippen LogP contribution in [-0.2, 0) is 4.79 Å². The Kier molecular flexibility index (Phi) is 5.20. The second kappa shape index (κ2) is 8.09. The van der Waals surface area contributed by atoms with Crippen molar-refractivity contribution in [2.45, 2.75) is 26.2 Å². The van der Waals surface area contributed by atoms with Gasteiger partial charge in [-0.3, -0.25) is 4.79 Å². The minimum absolute atomic E-state index is 0.0291. The van der Waals surface area contributed by atoms with Crippen LogP contribution in [0.2, 0.25) is 0 Å². The molecule has 0 bridgehead atoms. The molecule has 4 aromatic rings. The summed E-state index contributed by atoms with van der Waals surface area (Å²) < 4.78 is 5.90. The monoisotopic (exact) mass is 370 g/mol. The minimum atomic E-state index is 0.0291. The number of rotatable bonds is 6. The molecule has 0 saturated heterocycles. The van der Waals surface area contributed by atoms with Crippen LogP contribution in [0.5, 0.6) is 0 Å². The van der Waals surface area contributed by atoms with E-state index in [0.29, 0.717) is 17.9 Å². The van der Waals surface area contributed by atoms with E-state index in [0.717, 1.165) is 35.2 Å². The van der Waals surface area contributed by atoms with Gasteiger partial charge in [-0.15, -0.1) is 0 Å². The standard InChI is InChI=1S/C24H22N2O2/c1-2-3-9-23(27)25-20-14-15-22-21(16-20)26-24(28-22)19-12-10-18(11-13-19)17-7-5-4-6-8-17/h4-8,10-16H,2-3,9H2,1H3,(H,25,27). The molecular formula is C24H22N2O2. The first kappa shape index (κ1) is 18.0. The van der Waals surface area contributed by atoms with Gasteiger partial charge in [-0.05, 0) is 47.9 Å². The average Bonchev–Trinajstić information content (AvgIpc) is 3.16. The molecule has 0 saturated carbocycles. The number of benzene rings is 3. The number of hydrogen-bond donors (Lipinski definition) is 1. The lowest BCUT2D eigenvalue weighted by molar-refractivity contribution is -0.116. The number of carbonyl (C=O) groups is 1. The van der Waals surface area contributed by atoms with E-state index in [1.54, 1.807) is 0 Å². The van der Waals surface area contributed by atoms with E-state index in [1.807, 2.05) is 48.5 Å². The third-order valence-corrected chi connectivity index (χ3v) is 4.67. The van der Waals surface area contributed by atoms with Gasteiger partial charge >= 0.3 is 0 Å². The van der Waals surface area contributed by atoms with Crippen molar-refractivity contribution in [2.24, 2.45) is 0 Å². The van der Waals surface area contributed by atoms with E-state index in [-0.39, 0.29) is 5.91 Å². The zero-order valence-electron chi connectivity index (χ0n) is 15.8. The van der Waals surface area contributed by atoms with Crippen molar-refractivity contribution in [3.63, 3.8) is 0 Å². The van der Waals surface area contributed by atoms with Crippen LogP contribution in [-0.4, -0.2) is 10.9 Å². The molecule has 1 aromatic heterocycles. The molecular weight excluding hydrogens is 348 g/mol. The number of amides is 1. The third kappa shape index (κ3) is 3.96. The summed E-state index contributed by atoms with van der Waals surface area (Å²) in [4.78, 5) is 16.5. The van der Waals surface area contributed by atoms with E-state index < -0.39 is 0 Å². The lowest BCUT2D eigenvalue weighted by Gasteiger charge is -2.03. The van der Waals surface area contributed by atoms with E-state index in [4.69, 9.17) is 4.42 Å². The number of unbranched alkanes of at least 4 members (excludes halogenated alkanes) is 1. The smallest absolute Gasteiger partial charge is 0.227 e. The zero-order valence-corrected chi connectivity index (χ0v) is 15.8. The van der Waals surface area contributed by atoms with Crippen LogP contribution >= 0.6 is 0 Å². The highest BCUT2D eigenvalue weighted by atomic mass is 16.3. The number of oxazole rings is 1. The SMILES string of the molecule is CCCCC(=O)Nc1ccc2oc(-c3ccc(-c4ccccc4)cc3)nc2c1. The molecule has 28 heavy (non-hydrogen) atoms. The Bertz CT molecular complexity index is 1080. The fourth-order valence-corrected chi connectivity index (χ4v) is 3.13. The van der Waals surface area contributed by atoms with E-state index >= 15 is 0 Å². The Morgan fingerprint density at radius 3 is 2.39 bits per heavy atom. The van der Waals surface area contributed by atoms with Gasteiger partial charge in [0.25, 0.3) is 0 Å². The van der Waals surface area contributed by atoms with E-state index in [2.05, 4.69) is 41.5 Å². The fraction of sp³-hybridized carbons (Fsp3) is 0.167. The van der Waals surface area contributed by atoms with Gasteiger partial charge in [-0.2, -0.15) is 0 Å². The van der Waals surface area contributed by atoms with Crippen molar-refractivity contribution in [3.8, 4) is 22.6 Å². The van der Waals surface area contributed by atoms with Crippen molar-refractivity contribution in [1.82, 2.24) is 4.98 Å². The molecule has 3 aromatic carbocycles. The zero-order chi connectivity index (χ0) is 19.3.